The van der Waals surface area contributed by atoms with Crippen LogP contribution in [0.2, 0.25) is 0 Å². The molecule has 1 amide bonds. The van der Waals surface area contributed by atoms with E-state index in [1.165, 1.54) is 24.5 Å². The molecule has 2 rings (SSSR count). The van der Waals surface area contributed by atoms with E-state index in [1.807, 2.05) is 0 Å². The van der Waals surface area contributed by atoms with E-state index >= 15 is 0 Å². The van der Waals surface area contributed by atoms with Crippen LogP contribution < -0.4 is 20.7 Å². The summed E-state index contributed by atoms with van der Waals surface area (Å²) in [7, 11) is 1.55. The number of amides is 1. The smallest absolute Gasteiger partial charge is 0.459 e. The summed E-state index contributed by atoms with van der Waals surface area (Å²) in [4.78, 5) is 15.9. The van der Waals surface area contributed by atoms with Gasteiger partial charge in [0, 0.05) is 37.8 Å². The highest BCUT2D eigenvalue weighted by Gasteiger charge is 2.31. The Morgan fingerprint density at radius 1 is 1.13 bits per heavy atom. The highest BCUT2D eigenvalue weighted by molar-refractivity contribution is 14.0. The van der Waals surface area contributed by atoms with Crippen molar-refractivity contribution >= 4 is 35.8 Å². The summed E-state index contributed by atoms with van der Waals surface area (Å²) in [5, 5.41) is 8.71. The number of rotatable bonds is 8. The Kier molecular flexibility index (Phi) is 10.5. The Balaban J connectivity index is 0.00000450. The van der Waals surface area contributed by atoms with E-state index < -0.39 is 6.36 Å². The monoisotopic (exact) mass is 540 g/mol. The number of halogens is 4. The molecule has 30 heavy (non-hydrogen) atoms. The normalized spacial score (nSPS) is 11.4. The number of aliphatic imine (C=N–C) groups is 1. The fourth-order valence-electron chi connectivity index (χ4n) is 2.46. The molecule has 0 saturated heterocycles. The van der Waals surface area contributed by atoms with E-state index in [0.29, 0.717) is 31.0 Å². The van der Waals surface area contributed by atoms with Crippen molar-refractivity contribution in [2.24, 2.45) is 4.99 Å². The van der Waals surface area contributed by atoms with Gasteiger partial charge in [-0.2, -0.15) is 0 Å². The van der Waals surface area contributed by atoms with Crippen molar-refractivity contribution in [3.05, 3.63) is 53.5 Å². The molecule has 3 N–H and O–H groups in total. The average molecular weight is 540 g/mol. The van der Waals surface area contributed by atoms with Crippen molar-refractivity contribution in [1.82, 2.24) is 16.0 Å². The lowest BCUT2D eigenvalue weighted by molar-refractivity contribution is -0.274. The first-order chi connectivity index (χ1) is 13.8. The molecule has 1 aromatic heterocycles. The molecule has 2 aromatic rings. The summed E-state index contributed by atoms with van der Waals surface area (Å²) in [5.41, 5.74) is 1.11. The van der Waals surface area contributed by atoms with Crippen molar-refractivity contribution in [3.63, 3.8) is 0 Å². The molecular weight excluding hydrogens is 516 g/mol. The second-order valence-electron chi connectivity index (χ2n) is 6.05. The van der Waals surface area contributed by atoms with Gasteiger partial charge >= 0.3 is 6.36 Å². The van der Waals surface area contributed by atoms with Gasteiger partial charge in [-0.15, -0.1) is 37.1 Å². The summed E-state index contributed by atoms with van der Waals surface area (Å²) in [5.74, 6) is 0.158. The second-order valence-corrected chi connectivity index (χ2v) is 6.05. The number of benzene rings is 1. The summed E-state index contributed by atoms with van der Waals surface area (Å²) < 4.78 is 46.6. The molecule has 11 heteroatoms. The van der Waals surface area contributed by atoms with Gasteiger partial charge < -0.3 is 25.1 Å². The number of para-hydroxylation sites is 1. The fraction of sp³-hybridized carbons (Fsp3) is 0.368. The third kappa shape index (κ3) is 8.51. The second kappa shape index (κ2) is 12.3. The van der Waals surface area contributed by atoms with Gasteiger partial charge in [-0.3, -0.25) is 9.79 Å². The number of carbonyl (C=O) groups excluding carboxylic acids is 1. The predicted molar refractivity (Wildman–Crippen MR) is 117 cm³/mol. The van der Waals surface area contributed by atoms with Crippen molar-refractivity contribution in [2.45, 2.75) is 26.3 Å². The number of ether oxygens (including phenoxy) is 1. The number of nitrogens with one attached hydrogen (secondary N) is 3. The van der Waals surface area contributed by atoms with Gasteiger partial charge in [0.1, 0.15) is 5.75 Å². The topological polar surface area (TPSA) is 87.9 Å². The maximum Gasteiger partial charge on any atom is 0.573 e. The minimum atomic E-state index is -4.76. The molecule has 0 radical (unpaired) electrons. The molecule has 0 bridgehead atoms. The Morgan fingerprint density at radius 2 is 1.83 bits per heavy atom. The molecule has 0 aliphatic rings. The Hall–Kier alpha value is -2.44. The fourth-order valence-corrected chi connectivity index (χ4v) is 2.46. The quantitative estimate of drug-likeness (QED) is 0.206. The molecule has 1 heterocycles. The summed E-state index contributed by atoms with van der Waals surface area (Å²) in [6, 6.07) is 7.59. The molecule has 166 valence electrons. The summed E-state index contributed by atoms with van der Waals surface area (Å²) in [6.07, 6.45) is -2.69. The van der Waals surface area contributed by atoms with E-state index in [9.17, 15) is 18.0 Å². The molecule has 0 atom stereocenters. The van der Waals surface area contributed by atoms with Gasteiger partial charge in [-0.25, -0.2) is 0 Å². The first-order valence-electron chi connectivity index (χ1n) is 8.90. The Bertz CT molecular complexity index is 840. The Labute approximate surface area is 189 Å². The van der Waals surface area contributed by atoms with Gasteiger partial charge in [-0.1, -0.05) is 18.2 Å². The summed E-state index contributed by atoms with van der Waals surface area (Å²) >= 11 is 0. The zero-order valence-electron chi connectivity index (χ0n) is 16.5. The average Bonchev–Trinajstić information content (AvgIpc) is 3.09. The van der Waals surface area contributed by atoms with Crippen LogP contribution in [0.25, 0.3) is 0 Å². The number of carbonyl (C=O) groups is 1. The molecule has 1 aromatic carbocycles. The molecular formula is C19H24F3IN4O3. The van der Waals surface area contributed by atoms with Crippen LogP contribution >= 0.6 is 24.0 Å². The van der Waals surface area contributed by atoms with Gasteiger partial charge in [0.25, 0.3) is 5.91 Å². The highest BCUT2D eigenvalue weighted by Crippen LogP contribution is 2.26. The van der Waals surface area contributed by atoms with Gasteiger partial charge in [-0.05, 0) is 25.5 Å². The lowest BCUT2D eigenvalue weighted by Crippen LogP contribution is -2.38. The lowest BCUT2D eigenvalue weighted by Gasteiger charge is -2.15. The van der Waals surface area contributed by atoms with Crippen molar-refractivity contribution in [3.8, 4) is 5.75 Å². The molecule has 0 aliphatic carbocycles. The molecule has 0 saturated carbocycles. The standard InChI is InChI=1S/C19H23F3N4O3.HI/c1-13-8-11-28-16(13)17(27)24-9-5-10-25-18(23-2)26-12-14-6-3-4-7-15(14)29-19(20,21)22;/h3-4,6-8,11H,5,9-10,12H2,1-2H3,(H,24,27)(H2,23,25,26);1H. The van der Waals surface area contributed by atoms with Crippen LogP contribution in [0.1, 0.15) is 28.1 Å². The molecule has 0 unspecified atom stereocenters. The van der Waals surface area contributed by atoms with Crippen LogP contribution in [-0.4, -0.2) is 38.4 Å². The Morgan fingerprint density at radius 3 is 2.47 bits per heavy atom. The molecule has 0 spiro atoms. The van der Waals surface area contributed by atoms with Crippen LogP contribution in [0.3, 0.4) is 0 Å². The number of nitrogens with zero attached hydrogens (tertiary/aromatic N) is 1. The third-order valence-electron chi connectivity index (χ3n) is 3.87. The largest absolute Gasteiger partial charge is 0.573 e. The van der Waals surface area contributed by atoms with Crippen LogP contribution in [0.4, 0.5) is 13.2 Å². The maximum atomic E-state index is 12.5. The maximum absolute atomic E-state index is 12.5. The van der Waals surface area contributed by atoms with E-state index in [0.717, 1.165) is 5.56 Å². The number of furan rings is 1. The van der Waals surface area contributed by atoms with Crippen LogP contribution in [-0.2, 0) is 6.54 Å². The van der Waals surface area contributed by atoms with Crippen LogP contribution in [0.15, 0.2) is 46.0 Å². The van der Waals surface area contributed by atoms with Gasteiger partial charge in [0.15, 0.2) is 11.7 Å². The lowest BCUT2D eigenvalue weighted by atomic mass is 10.2. The minimum Gasteiger partial charge on any atom is -0.459 e. The van der Waals surface area contributed by atoms with Crippen LogP contribution in [0, 0.1) is 6.92 Å². The van der Waals surface area contributed by atoms with E-state index in [4.69, 9.17) is 4.42 Å². The third-order valence-corrected chi connectivity index (χ3v) is 3.87. The van der Waals surface area contributed by atoms with Crippen molar-refractivity contribution < 1.29 is 27.1 Å². The predicted octanol–water partition coefficient (Wildman–Crippen LogP) is 3.59. The molecule has 0 aliphatic heterocycles. The number of aryl methyl sites for hydroxylation is 1. The van der Waals surface area contributed by atoms with Crippen LogP contribution in [0.5, 0.6) is 5.75 Å². The minimum absolute atomic E-state index is 0. The molecule has 0 fully saturated rings. The number of hydrogen-bond acceptors (Lipinski definition) is 4. The highest BCUT2D eigenvalue weighted by atomic mass is 127. The first kappa shape index (κ1) is 25.6. The van der Waals surface area contributed by atoms with Crippen molar-refractivity contribution in [1.29, 1.82) is 0 Å². The van der Waals surface area contributed by atoms with E-state index in [-0.39, 0.29) is 47.9 Å². The first-order valence-corrected chi connectivity index (χ1v) is 8.90. The zero-order chi connectivity index (χ0) is 21.3. The van der Waals surface area contributed by atoms with Gasteiger partial charge in [0.05, 0.1) is 6.26 Å². The number of hydrogen-bond donors (Lipinski definition) is 3. The number of alkyl halides is 3. The van der Waals surface area contributed by atoms with Gasteiger partial charge in [0.2, 0.25) is 0 Å². The number of guanidine groups is 1. The summed E-state index contributed by atoms with van der Waals surface area (Å²) in [6.45, 7) is 2.80. The molecule has 7 nitrogen and oxygen atoms in total. The van der Waals surface area contributed by atoms with E-state index in [2.05, 4.69) is 25.7 Å². The van der Waals surface area contributed by atoms with E-state index in [1.54, 1.807) is 26.1 Å². The zero-order valence-corrected chi connectivity index (χ0v) is 18.8. The SMILES string of the molecule is CN=C(NCCCNC(=O)c1occc1C)NCc1ccccc1OC(F)(F)F.I. The van der Waals surface area contributed by atoms with Crippen molar-refractivity contribution in [2.75, 3.05) is 20.1 Å².